The smallest absolute Gasteiger partial charge is 0.323 e. The molecule has 8 heteroatoms. The maximum Gasteiger partial charge on any atom is 0.323 e. The number of nitrogens with two attached hydrogens (primary N) is 2. The second kappa shape index (κ2) is 13.1. The highest BCUT2D eigenvalue weighted by Crippen LogP contribution is 2.01. The Labute approximate surface area is 144 Å². The van der Waals surface area contributed by atoms with Gasteiger partial charge in [0.05, 0.1) is 26.4 Å². The third-order valence-corrected chi connectivity index (χ3v) is 3.30. The van der Waals surface area contributed by atoms with Crippen molar-refractivity contribution in [2.24, 2.45) is 23.3 Å². The number of carbonyl (C=O) groups excluding carboxylic acids is 2. The third-order valence-electron chi connectivity index (χ3n) is 3.30. The molecule has 0 saturated carbocycles. The van der Waals surface area contributed by atoms with Crippen LogP contribution < -0.4 is 11.5 Å². The van der Waals surface area contributed by atoms with Crippen molar-refractivity contribution in [1.29, 1.82) is 0 Å². The van der Waals surface area contributed by atoms with Crippen LogP contribution >= 0.6 is 0 Å². The fraction of sp³-hybridized carbons (Fsp3) is 0.875. The zero-order valence-electron chi connectivity index (χ0n) is 15.2. The number of hydrogen-bond donors (Lipinski definition) is 2. The van der Waals surface area contributed by atoms with Gasteiger partial charge in [0.2, 0.25) is 0 Å². The Morgan fingerprint density at radius 2 is 0.958 bits per heavy atom. The van der Waals surface area contributed by atoms with E-state index in [-0.39, 0.29) is 38.3 Å². The molecule has 0 amide bonds. The highest BCUT2D eigenvalue weighted by Gasteiger charge is 2.19. The van der Waals surface area contributed by atoms with Crippen LogP contribution in [-0.2, 0) is 28.5 Å². The molecule has 24 heavy (non-hydrogen) atoms. The van der Waals surface area contributed by atoms with E-state index in [1.54, 1.807) is 0 Å². The summed E-state index contributed by atoms with van der Waals surface area (Å²) in [6.45, 7) is 8.99. The van der Waals surface area contributed by atoms with Crippen LogP contribution in [0.3, 0.4) is 0 Å². The first-order valence-electron chi connectivity index (χ1n) is 8.27. The number of hydrogen-bond acceptors (Lipinski definition) is 8. The van der Waals surface area contributed by atoms with Crippen LogP contribution in [0, 0.1) is 11.8 Å². The molecule has 0 aromatic carbocycles. The maximum atomic E-state index is 11.5. The van der Waals surface area contributed by atoms with Gasteiger partial charge in [-0.05, 0) is 11.8 Å². The van der Waals surface area contributed by atoms with Gasteiger partial charge in [0.25, 0.3) is 0 Å². The minimum absolute atomic E-state index is 0.0380. The Kier molecular flexibility index (Phi) is 12.4. The van der Waals surface area contributed by atoms with Crippen molar-refractivity contribution in [3.05, 3.63) is 0 Å². The third kappa shape index (κ3) is 10.5. The van der Waals surface area contributed by atoms with E-state index in [4.69, 9.17) is 30.4 Å². The molecule has 0 heterocycles. The predicted molar refractivity (Wildman–Crippen MR) is 89.2 cm³/mol. The molecule has 142 valence electrons. The van der Waals surface area contributed by atoms with E-state index >= 15 is 0 Å². The molecule has 0 aliphatic rings. The minimum Gasteiger partial charge on any atom is -0.462 e. The van der Waals surface area contributed by atoms with Crippen molar-refractivity contribution in [1.82, 2.24) is 0 Å². The summed E-state index contributed by atoms with van der Waals surface area (Å²) in [5.41, 5.74) is 11.3. The van der Waals surface area contributed by atoms with Gasteiger partial charge in [-0.2, -0.15) is 0 Å². The molecule has 0 fully saturated rings. The first-order chi connectivity index (χ1) is 11.3. The first-order valence-corrected chi connectivity index (χ1v) is 8.27. The number of rotatable bonds is 13. The molecule has 8 nitrogen and oxygen atoms in total. The van der Waals surface area contributed by atoms with Crippen LogP contribution in [0.15, 0.2) is 0 Å². The van der Waals surface area contributed by atoms with Crippen molar-refractivity contribution in [3.8, 4) is 0 Å². The summed E-state index contributed by atoms with van der Waals surface area (Å²) < 4.78 is 20.5. The van der Waals surface area contributed by atoms with Gasteiger partial charge in [0, 0.05) is 0 Å². The summed E-state index contributed by atoms with van der Waals surface area (Å²) in [5, 5.41) is 0. The van der Waals surface area contributed by atoms with E-state index in [9.17, 15) is 9.59 Å². The lowest BCUT2D eigenvalue weighted by molar-refractivity contribution is -0.149. The average molecular weight is 348 g/mol. The molecule has 0 unspecified atom stereocenters. The Hall–Kier alpha value is -1.22. The van der Waals surface area contributed by atoms with Crippen molar-refractivity contribution >= 4 is 11.9 Å². The Bertz CT molecular complexity index is 328. The first kappa shape index (κ1) is 22.8. The fourth-order valence-electron chi connectivity index (χ4n) is 1.46. The Morgan fingerprint density at radius 1 is 0.667 bits per heavy atom. The van der Waals surface area contributed by atoms with Gasteiger partial charge >= 0.3 is 11.9 Å². The molecule has 0 aromatic rings. The van der Waals surface area contributed by atoms with Crippen LogP contribution in [0.25, 0.3) is 0 Å². The molecule has 2 atom stereocenters. The summed E-state index contributed by atoms with van der Waals surface area (Å²) in [6.07, 6.45) is 0. The van der Waals surface area contributed by atoms with E-state index in [0.29, 0.717) is 13.2 Å². The lowest BCUT2D eigenvalue weighted by atomic mass is 10.1. The van der Waals surface area contributed by atoms with Crippen LogP contribution in [-0.4, -0.2) is 63.7 Å². The summed E-state index contributed by atoms with van der Waals surface area (Å²) >= 11 is 0. The van der Waals surface area contributed by atoms with Crippen molar-refractivity contribution in [3.63, 3.8) is 0 Å². The molecular formula is C16H32N2O6. The summed E-state index contributed by atoms with van der Waals surface area (Å²) in [5.74, 6) is -0.774. The summed E-state index contributed by atoms with van der Waals surface area (Å²) in [6, 6.07) is -1.22. The number of carbonyl (C=O) groups is 2. The van der Waals surface area contributed by atoms with Crippen LogP contribution in [0.5, 0.6) is 0 Å². The van der Waals surface area contributed by atoms with E-state index in [2.05, 4.69) is 0 Å². The molecule has 0 aliphatic heterocycles. The summed E-state index contributed by atoms with van der Waals surface area (Å²) in [7, 11) is 0. The minimum atomic E-state index is -0.611. The van der Waals surface area contributed by atoms with Gasteiger partial charge in [-0.1, -0.05) is 27.7 Å². The Morgan fingerprint density at radius 3 is 1.25 bits per heavy atom. The van der Waals surface area contributed by atoms with Gasteiger partial charge in [-0.15, -0.1) is 0 Å². The molecule has 0 spiro atoms. The zero-order chi connectivity index (χ0) is 18.5. The van der Waals surface area contributed by atoms with Gasteiger partial charge in [0.1, 0.15) is 25.3 Å². The second-order valence-corrected chi connectivity index (χ2v) is 6.10. The molecule has 0 aromatic heterocycles. The maximum absolute atomic E-state index is 11.5. The monoisotopic (exact) mass is 348 g/mol. The zero-order valence-corrected chi connectivity index (χ0v) is 15.2. The van der Waals surface area contributed by atoms with E-state index in [1.165, 1.54) is 0 Å². The number of esters is 2. The molecule has 0 bridgehead atoms. The normalized spacial score (nSPS) is 13.8. The molecule has 0 radical (unpaired) electrons. The molecule has 4 N–H and O–H groups in total. The largest absolute Gasteiger partial charge is 0.462 e. The SMILES string of the molecule is CC(C)[C@H](N)C(=O)OCCOCCOCCOC(=O)[C@@H](N)C(C)C. The lowest BCUT2D eigenvalue weighted by Crippen LogP contribution is -2.37. The predicted octanol–water partition coefficient (Wildman–Crippen LogP) is 0.0726. The molecule has 0 aliphatic carbocycles. The number of ether oxygens (including phenoxy) is 4. The van der Waals surface area contributed by atoms with Gasteiger partial charge < -0.3 is 30.4 Å². The molecule has 0 rings (SSSR count). The van der Waals surface area contributed by atoms with Crippen LogP contribution in [0.2, 0.25) is 0 Å². The van der Waals surface area contributed by atoms with Crippen LogP contribution in [0.4, 0.5) is 0 Å². The van der Waals surface area contributed by atoms with Crippen LogP contribution in [0.1, 0.15) is 27.7 Å². The lowest BCUT2D eigenvalue weighted by Gasteiger charge is -2.15. The Balaban J connectivity index is 3.43. The quantitative estimate of drug-likeness (QED) is 0.354. The van der Waals surface area contributed by atoms with Gasteiger partial charge in [-0.3, -0.25) is 9.59 Å². The van der Waals surface area contributed by atoms with E-state index in [0.717, 1.165) is 0 Å². The van der Waals surface area contributed by atoms with Crippen molar-refractivity contribution in [2.75, 3.05) is 39.6 Å². The van der Waals surface area contributed by atoms with Crippen molar-refractivity contribution < 1.29 is 28.5 Å². The standard InChI is InChI=1S/C16H32N2O6/c1-11(2)13(17)15(19)23-9-7-21-5-6-22-8-10-24-16(20)14(18)12(3)4/h11-14H,5-10,17-18H2,1-4H3/t13-,14-/m0/s1. The fourth-order valence-corrected chi connectivity index (χ4v) is 1.46. The average Bonchev–Trinajstić information content (AvgIpc) is 2.54. The van der Waals surface area contributed by atoms with Gasteiger partial charge in [-0.25, -0.2) is 0 Å². The van der Waals surface area contributed by atoms with Gasteiger partial charge in [0.15, 0.2) is 0 Å². The van der Waals surface area contributed by atoms with Crippen molar-refractivity contribution in [2.45, 2.75) is 39.8 Å². The highest BCUT2D eigenvalue weighted by molar-refractivity contribution is 5.76. The summed E-state index contributed by atoms with van der Waals surface area (Å²) in [4.78, 5) is 22.9. The highest BCUT2D eigenvalue weighted by atomic mass is 16.6. The second-order valence-electron chi connectivity index (χ2n) is 6.10. The molecular weight excluding hydrogens is 316 g/mol. The van der Waals surface area contributed by atoms with E-state index < -0.39 is 24.0 Å². The molecule has 0 saturated heterocycles. The van der Waals surface area contributed by atoms with E-state index in [1.807, 2.05) is 27.7 Å². The topological polar surface area (TPSA) is 123 Å².